The number of benzene rings is 1. The Morgan fingerprint density at radius 3 is 2.25 bits per heavy atom. The Hall–Kier alpha value is -2.44. The lowest BCUT2D eigenvalue weighted by atomic mass is 9.96. The SMILES string of the molecule is CC(C)(C)C(=O)NCCC(=O)NC(CC(=O)O)c1ccc(F)cc1. The third-order valence-electron chi connectivity index (χ3n) is 3.31. The lowest BCUT2D eigenvalue weighted by Gasteiger charge is -2.19. The molecule has 1 aromatic rings. The Labute approximate surface area is 140 Å². The van der Waals surface area contributed by atoms with Gasteiger partial charge < -0.3 is 15.7 Å². The van der Waals surface area contributed by atoms with E-state index in [1.54, 1.807) is 20.8 Å². The van der Waals surface area contributed by atoms with Crippen LogP contribution >= 0.6 is 0 Å². The largest absolute Gasteiger partial charge is 0.481 e. The van der Waals surface area contributed by atoms with Crippen molar-refractivity contribution in [3.63, 3.8) is 0 Å². The zero-order valence-electron chi connectivity index (χ0n) is 14.1. The minimum Gasteiger partial charge on any atom is -0.481 e. The molecule has 7 heteroatoms. The number of aliphatic carboxylic acids is 1. The van der Waals surface area contributed by atoms with E-state index in [-0.39, 0.29) is 31.2 Å². The second-order valence-corrected chi connectivity index (χ2v) is 6.53. The van der Waals surface area contributed by atoms with E-state index < -0.39 is 23.2 Å². The molecule has 2 amide bonds. The molecule has 3 N–H and O–H groups in total. The predicted octanol–water partition coefficient (Wildman–Crippen LogP) is 2.01. The number of carbonyl (C=O) groups is 3. The standard InChI is InChI=1S/C17H23FN2O4/c1-17(2,3)16(24)19-9-8-14(21)20-13(10-15(22)23)11-4-6-12(18)7-5-11/h4-7,13H,8-10H2,1-3H3,(H,19,24)(H,20,21)(H,22,23). The van der Waals surface area contributed by atoms with Gasteiger partial charge in [-0.1, -0.05) is 32.9 Å². The van der Waals surface area contributed by atoms with E-state index in [1.807, 2.05) is 0 Å². The number of nitrogens with one attached hydrogen (secondary N) is 2. The molecule has 0 aliphatic heterocycles. The maximum atomic E-state index is 13.0. The summed E-state index contributed by atoms with van der Waals surface area (Å²) in [7, 11) is 0. The lowest BCUT2D eigenvalue weighted by molar-refractivity contribution is -0.137. The van der Waals surface area contributed by atoms with E-state index in [0.717, 1.165) is 0 Å². The van der Waals surface area contributed by atoms with Gasteiger partial charge in [0.05, 0.1) is 12.5 Å². The molecule has 1 aromatic carbocycles. The first-order valence-corrected chi connectivity index (χ1v) is 7.64. The van der Waals surface area contributed by atoms with Crippen LogP contribution in [0.1, 0.15) is 45.2 Å². The van der Waals surface area contributed by atoms with Gasteiger partial charge >= 0.3 is 5.97 Å². The van der Waals surface area contributed by atoms with Crippen molar-refractivity contribution in [2.75, 3.05) is 6.54 Å². The van der Waals surface area contributed by atoms with Crippen molar-refractivity contribution in [1.82, 2.24) is 10.6 Å². The van der Waals surface area contributed by atoms with Gasteiger partial charge in [0.15, 0.2) is 0 Å². The van der Waals surface area contributed by atoms with Gasteiger partial charge in [-0.05, 0) is 17.7 Å². The molecular formula is C17H23FN2O4. The van der Waals surface area contributed by atoms with E-state index in [9.17, 15) is 18.8 Å². The van der Waals surface area contributed by atoms with Crippen LogP contribution < -0.4 is 10.6 Å². The molecule has 24 heavy (non-hydrogen) atoms. The summed E-state index contributed by atoms with van der Waals surface area (Å²) < 4.78 is 13.0. The summed E-state index contributed by atoms with van der Waals surface area (Å²) in [5, 5.41) is 14.2. The fourth-order valence-corrected chi connectivity index (χ4v) is 1.94. The minimum atomic E-state index is -1.08. The van der Waals surface area contributed by atoms with Crippen molar-refractivity contribution in [3.05, 3.63) is 35.6 Å². The normalized spacial score (nSPS) is 12.3. The summed E-state index contributed by atoms with van der Waals surface area (Å²) in [6.07, 6.45) is -0.287. The van der Waals surface area contributed by atoms with Gasteiger partial charge in [-0.15, -0.1) is 0 Å². The topological polar surface area (TPSA) is 95.5 Å². The minimum absolute atomic E-state index is 0.0269. The summed E-state index contributed by atoms with van der Waals surface area (Å²) >= 11 is 0. The summed E-state index contributed by atoms with van der Waals surface area (Å²) in [5.41, 5.74) is -0.0398. The number of amides is 2. The molecule has 0 aliphatic rings. The molecule has 1 unspecified atom stereocenters. The maximum Gasteiger partial charge on any atom is 0.305 e. The Morgan fingerprint density at radius 1 is 1.17 bits per heavy atom. The highest BCUT2D eigenvalue weighted by Gasteiger charge is 2.21. The van der Waals surface area contributed by atoms with Gasteiger partial charge in [-0.3, -0.25) is 14.4 Å². The fraction of sp³-hybridized carbons (Fsp3) is 0.471. The zero-order chi connectivity index (χ0) is 18.3. The second kappa shape index (κ2) is 8.42. The maximum absolute atomic E-state index is 13.0. The van der Waals surface area contributed by atoms with Crippen molar-refractivity contribution in [2.24, 2.45) is 5.41 Å². The average molecular weight is 338 g/mol. The fourth-order valence-electron chi connectivity index (χ4n) is 1.94. The van der Waals surface area contributed by atoms with Gasteiger partial charge in [0.1, 0.15) is 5.82 Å². The van der Waals surface area contributed by atoms with E-state index in [4.69, 9.17) is 5.11 Å². The van der Waals surface area contributed by atoms with Gasteiger partial charge in [-0.25, -0.2) is 4.39 Å². The molecule has 0 bridgehead atoms. The molecule has 0 spiro atoms. The molecule has 0 aromatic heterocycles. The van der Waals surface area contributed by atoms with Crippen molar-refractivity contribution in [2.45, 2.75) is 39.7 Å². The second-order valence-electron chi connectivity index (χ2n) is 6.53. The molecule has 0 saturated heterocycles. The summed E-state index contributed by atoms with van der Waals surface area (Å²) in [6, 6.07) is 4.53. The molecule has 1 rings (SSSR count). The Balaban J connectivity index is 2.60. The molecule has 0 heterocycles. The van der Waals surface area contributed by atoms with E-state index in [0.29, 0.717) is 5.56 Å². The van der Waals surface area contributed by atoms with Gasteiger partial charge in [0.25, 0.3) is 0 Å². The highest BCUT2D eigenvalue weighted by molar-refractivity contribution is 5.82. The van der Waals surface area contributed by atoms with Crippen LogP contribution in [0.5, 0.6) is 0 Å². The van der Waals surface area contributed by atoms with Crippen LogP contribution in [0.3, 0.4) is 0 Å². The van der Waals surface area contributed by atoms with Gasteiger partial charge in [0, 0.05) is 18.4 Å². The van der Waals surface area contributed by atoms with E-state index >= 15 is 0 Å². The van der Waals surface area contributed by atoms with Crippen molar-refractivity contribution >= 4 is 17.8 Å². The number of carboxylic acid groups (broad SMARTS) is 1. The smallest absolute Gasteiger partial charge is 0.305 e. The molecule has 1 atom stereocenters. The van der Waals surface area contributed by atoms with Crippen LogP contribution in [0.4, 0.5) is 4.39 Å². The van der Waals surface area contributed by atoms with Crippen molar-refractivity contribution in [3.8, 4) is 0 Å². The number of rotatable bonds is 7. The Kier molecular flexibility index (Phi) is 6.88. The molecule has 132 valence electrons. The number of carboxylic acids is 1. The average Bonchev–Trinajstić information content (AvgIpc) is 2.45. The monoisotopic (exact) mass is 338 g/mol. The third-order valence-corrected chi connectivity index (χ3v) is 3.31. The first kappa shape index (κ1) is 19.6. The van der Waals surface area contributed by atoms with Crippen LogP contribution in [-0.2, 0) is 14.4 Å². The molecule has 0 aliphatic carbocycles. The highest BCUT2D eigenvalue weighted by atomic mass is 19.1. The molecule has 0 radical (unpaired) electrons. The lowest BCUT2D eigenvalue weighted by Crippen LogP contribution is -2.38. The number of hydrogen-bond acceptors (Lipinski definition) is 3. The molecule has 0 saturated carbocycles. The Bertz CT molecular complexity index is 594. The van der Waals surface area contributed by atoms with Crippen LogP contribution in [-0.4, -0.2) is 29.4 Å². The summed E-state index contributed by atoms with van der Waals surface area (Å²) in [4.78, 5) is 34.7. The molecule has 6 nitrogen and oxygen atoms in total. The first-order chi connectivity index (χ1) is 11.1. The van der Waals surface area contributed by atoms with Crippen LogP contribution in [0, 0.1) is 11.2 Å². The van der Waals surface area contributed by atoms with Crippen LogP contribution in [0.25, 0.3) is 0 Å². The molecular weight excluding hydrogens is 315 g/mol. The Morgan fingerprint density at radius 2 is 1.75 bits per heavy atom. The quantitative estimate of drug-likeness (QED) is 0.709. The zero-order valence-corrected chi connectivity index (χ0v) is 14.1. The van der Waals surface area contributed by atoms with Crippen LogP contribution in [0.2, 0.25) is 0 Å². The van der Waals surface area contributed by atoms with Crippen LogP contribution in [0.15, 0.2) is 24.3 Å². The third kappa shape index (κ3) is 6.76. The summed E-state index contributed by atoms with van der Waals surface area (Å²) in [5.74, 6) is -2.08. The summed E-state index contributed by atoms with van der Waals surface area (Å²) in [6.45, 7) is 5.45. The number of hydrogen-bond donors (Lipinski definition) is 3. The van der Waals surface area contributed by atoms with Crippen molar-refractivity contribution < 1.29 is 23.9 Å². The van der Waals surface area contributed by atoms with Crippen molar-refractivity contribution in [1.29, 1.82) is 0 Å². The van der Waals surface area contributed by atoms with Gasteiger partial charge in [-0.2, -0.15) is 0 Å². The highest BCUT2D eigenvalue weighted by Crippen LogP contribution is 2.17. The van der Waals surface area contributed by atoms with Gasteiger partial charge in [0.2, 0.25) is 11.8 Å². The first-order valence-electron chi connectivity index (χ1n) is 7.64. The van der Waals surface area contributed by atoms with E-state index in [2.05, 4.69) is 10.6 Å². The van der Waals surface area contributed by atoms with E-state index in [1.165, 1.54) is 24.3 Å². The number of halogens is 1. The predicted molar refractivity (Wildman–Crippen MR) is 86.6 cm³/mol. The number of carbonyl (C=O) groups excluding carboxylic acids is 2. The molecule has 0 fully saturated rings.